The van der Waals surface area contributed by atoms with Gasteiger partial charge in [0.05, 0.1) is 6.61 Å². The van der Waals surface area contributed by atoms with Crippen LogP contribution in [-0.2, 0) is 11.2 Å². The van der Waals surface area contributed by atoms with Crippen LogP contribution in [0.4, 0.5) is 0 Å². The summed E-state index contributed by atoms with van der Waals surface area (Å²) in [5.74, 6) is 0. The van der Waals surface area contributed by atoms with Gasteiger partial charge < -0.3 is 15.4 Å². The van der Waals surface area contributed by atoms with Crippen LogP contribution in [0.5, 0.6) is 0 Å². The Morgan fingerprint density at radius 1 is 1.28 bits per heavy atom. The minimum Gasteiger partial charge on any atom is -0.383 e. The summed E-state index contributed by atoms with van der Waals surface area (Å²) < 4.78 is 4.99. The first-order valence-corrected chi connectivity index (χ1v) is 6.71. The predicted molar refractivity (Wildman–Crippen MR) is 77.1 cm³/mol. The summed E-state index contributed by atoms with van der Waals surface area (Å²) >= 11 is 0. The second-order valence-electron chi connectivity index (χ2n) is 4.79. The van der Waals surface area contributed by atoms with Crippen LogP contribution in [0, 0.1) is 6.92 Å². The van der Waals surface area contributed by atoms with Crippen LogP contribution in [0.15, 0.2) is 24.3 Å². The average Bonchev–Trinajstić information content (AvgIpc) is 2.35. The van der Waals surface area contributed by atoms with E-state index in [1.807, 2.05) is 0 Å². The maximum Gasteiger partial charge on any atom is 0.0587 e. The van der Waals surface area contributed by atoms with E-state index in [0.717, 1.165) is 32.7 Å². The molecule has 3 nitrogen and oxygen atoms in total. The third-order valence-corrected chi connectivity index (χ3v) is 2.92. The Hall–Kier alpha value is -0.900. The zero-order valence-electron chi connectivity index (χ0n) is 11.8. The fourth-order valence-electron chi connectivity index (χ4n) is 1.90. The topological polar surface area (TPSA) is 33.3 Å². The van der Waals surface area contributed by atoms with E-state index < -0.39 is 0 Å². The van der Waals surface area contributed by atoms with Crippen molar-refractivity contribution in [3.8, 4) is 0 Å². The normalized spacial score (nSPS) is 12.6. The van der Waals surface area contributed by atoms with Gasteiger partial charge in [-0.25, -0.2) is 0 Å². The quantitative estimate of drug-likeness (QED) is 0.655. The molecule has 1 aromatic rings. The summed E-state index contributed by atoms with van der Waals surface area (Å²) in [6, 6.07) is 9.20. The Morgan fingerprint density at radius 3 is 2.83 bits per heavy atom. The molecule has 18 heavy (non-hydrogen) atoms. The fraction of sp³-hybridized carbons (Fsp3) is 0.600. The lowest BCUT2D eigenvalue weighted by Crippen LogP contribution is -2.38. The molecule has 0 fully saturated rings. The van der Waals surface area contributed by atoms with E-state index in [9.17, 15) is 0 Å². The van der Waals surface area contributed by atoms with Crippen LogP contribution in [0.2, 0.25) is 0 Å². The molecule has 1 atom stereocenters. The van der Waals surface area contributed by atoms with Gasteiger partial charge >= 0.3 is 0 Å². The number of methoxy groups -OCH3 is 1. The van der Waals surface area contributed by atoms with E-state index in [4.69, 9.17) is 4.74 Å². The Balaban J connectivity index is 2.09. The van der Waals surface area contributed by atoms with Gasteiger partial charge in [-0.2, -0.15) is 0 Å². The monoisotopic (exact) mass is 250 g/mol. The largest absolute Gasteiger partial charge is 0.383 e. The van der Waals surface area contributed by atoms with Crippen molar-refractivity contribution in [2.75, 3.05) is 33.4 Å². The van der Waals surface area contributed by atoms with Crippen molar-refractivity contribution in [3.05, 3.63) is 35.4 Å². The second-order valence-corrected chi connectivity index (χ2v) is 4.79. The van der Waals surface area contributed by atoms with Crippen LogP contribution < -0.4 is 10.6 Å². The van der Waals surface area contributed by atoms with Gasteiger partial charge in [-0.1, -0.05) is 29.8 Å². The fourth-order valence-corrected chi connectivity index (χ4v) is 1.90. The van der Waals surface area contributed by atoms with Crippen LogP contribution in [0.3, 0.4) is 0 Å². The van der Waals surface area contributed by atoms with E-state index in [1.165, 1.54) is 11.1 Å². The molecule has 1 rings (SSSR count). The summed E-state index contributed by atoms with van der Waals surface area (Å²) in [5, 5.41) is 6.88. The molecule has 2 N–H and O–H groups in total. The molecule has 1 unspecified atom stereocenters. The SMILES string of the molecule is COCCNCC(C)NCCc1cccc(C)c1. The number of aryl methyl sites for hydroxylation is 1. The molecule has 3 heteroatoms. The molecule has 0 aromatic heterocycles. The number of nitrogens with one attached hydrogen (secondary N) is 2. The lowest BCUT2D eigenvalue weighted by Gasteiger charge is -2.14. The van der Waals surface area contributed by atoms with Gasteiger partial charge in [0, 0.05) is 26.2 Å². The van der Waals surface area contributed by atoms with Crippen molar-refractivity contribution in [1.82, 2.24) is 10.6 Å². The molecule has 0 amide bonds. The van der Waals surface area contributed by atoms with Crippen molar-refractivity contribution >= 4 is 0 Å². The Labute approximate surface area is 111 Å². The van der Waals surface area contributed by atoms with Crippen LogP contribution in [0.1, 0.15) is 18.1 Å². The smallest absolute Gasteiger partial charge is 0.0587 e. The Kier molecular flexibility index (Phi) is 7.65. The van der Waals surface area contributed by atoms with Crippen molar-refractivity contribution in [1.29, 1.82) is 0 Å². The van der Waals surface area contributed by atoms with Crippen LogP contribution >= 0.6 is 0 Å². The molecule has 0 radical (unpaired) electrons. The maximum atomic E-state index is 4.99. The average molecular weight is 250 g/mol. The van der Waals surface area contributed by atoms with Gasteiger partial charge in [-0.05, 0) is 32.4 Å². The molecule has 0 saturated carbocycles. The third-order valence-electron chi connectivity index (χ3n) is 2.92. The Bertz CT molecular complexity index is 328. The van der Waals surface area contributed by atoms with E-state index in [-0.39, 0.29) is 0 Å². The van der Waals surface area contributed by atoms with E-state index in [1.54, 1.807) is 7.11 Å². The summed E-state index contributed by atoms with van der Waals surface area (Å²) in [4.78, 5) is 0. The number of benzene rings is 1. The number of ether oxygens (including phenoxy) is 1. The second kappa shape index (κ2) is 9.09. The van der Waals surface area contributed by atoms with Gasteiger partial charge in [0.2, 0.25) is 0 Å². The predicted octanol–water partition coefficient (Wildman–Crippen LogP) is 1.75. The highest BCUT2D eigenvalue weighted by molar-refractivity contribution is 5.22. The highest BCUT2D eigenvalue weighted by Gasteiger charge is 2.00. The summed E-state index contributed by atoms with van der Waals surface area (Å²) in [6.45, 7) is 8.04. The van der Waals surface area contributed by atoms with E-state index in [2.05, 4.69) is 48.7 Å². The standard InChI is InChI=1S/C15H26N2O/c1-13-5-4-6-15(11-13)7-8-17-14(2)12-16-9-10-18-3/h4-6,11,14,16-17H,7-10,12H2,1-3H3. The van der Waals surface area contributed by atoms with Crippen molar-refractivity contribution < 1.29 is 4.74 Å². The third kappa shape index (κ3) is 6.74. The Morgan fingerprint density at radius 2 is 2.11 bits per heavy atom. The molecule has 0 spiro atoms. The van der Waals surface area contributed by atoms with Crippen LogP contribution in [0.25, 0.3) is 0 Å². The highest BCUT2D eigenvalue weighted by atomic mass is 16.5. The molecule has 0 bridgehead atoms. The van der Waals surface area contributed by atoms with Gasteiger partial charge in [0.1, 0.15) is 0 Å². The molecule has 0 aliphatic rings. The maximum absolute atomic E-state index is 4.99. The zero-order chi connectivity index (χ0) is 13.2. The van der Waals surface area contributed by atoms with Gasteiger partial charge in [0.15, 0.2) is 0 Å². The van der Waals surface area contributed by atoms with Crippen LogP contribution in [-0.4, -0.2) is 39.4 Å². The molecule has 102 valence electrons. The molecular formula is C15H26N2O. The van der Waals surface area contributed by atoms with Crippen molar-refractivity contribution in [3.63, 3.8) is 0 Å². The van der Waals surface area contributed by atoms with E-state index >= 15 is 0 Å². The molecule has 0 saturated heterocycles. The minimum atomic E-state index is 0.492. The first-order chi connectivity index (χ1) is 8.72. The lowest BCUT2D eigenvalue weighted by molar-refractivity contribution is 0.198. The van der Waals surface area contributed by atoms with Gasteiger partial charge in [0.25, 0.3) is 0 Å². The number of hydrogen-bond donors (Lipinski definition) is 2. The molecule has 1 aromatic carbocycles. The van der Waals surface area contributed by atoms with E-state index in [0.29, 0.717) is 6.04 Å². The minimum absolute atomic E-state index is 0.492. The number of hydrogen-bond acceptors (Lipinski definition) is 3. The molecule has 0 aliphatic carbocycles. The van der Waals surface area contributed by atoms with Crippen molar-refractivity contribution in [2.24, 2.45) is 0 Å². The summed E-state index contributed by atoms with van der Waals surface area (Å²) in [6.07, 6.45) is 1.09. The lowest BCUT2D eigenvalue weighted by atomic mass is 10.1. The van der Waals surface area contributed by atoms with Crippen molar-refractivity contribution in [2.45, 2.75) is 26.3 Å². The molecule has 0 heterocycles. The highest BCUT2D eigenvalue weighted by Crippen LogP contribution is 2.03. The molecular weight excluding hydrogens is 224 g/mol. The summed E-state index contributed by atoms with van der Waals surface area (Å²) in [5.41, 5.74) is 2.74. The number of rotatable bonds is 9. The van der Waals surface area contributed by atoms with Gasteiger partial charge in [-0.15, -0.1) is 0 Å². The zero-order valence-corrected chi connectivity index (χ0v) is 11.8. The summed E-state index contributed by atoms with van der Waals surface area (Å²) in [7, 11) is 1.73. The first kappa shape index (κ1) is 15.2. The molecule has 0 aliphatic heterocycles. The first-order valence-electron chi connectivity index (χ1n) is 6.71. The van der Waals surface area contributed by atoms with Gasteiger partial charge in [-0.3, -0.25) is 0 Å².